The van der Waals surface area contributed by atoms with Crippen LogP contribution in [-0.4, -0.2) is 18.2 Å². The molecule has 5 nitrogen and oxygen atoms in total. The summed E-state index contributed by atoms with van der Waals surface area (Å²) in [4.78, 5) is 0.219. The minimum absolute atomic E-state index is 0.219. The van der Waals surface area contributed by atoms with Gasteiger partial charge in [0, 0.05) is 24.3 Å². The Kier molecular flexibility index (Phi) is 3.60. The summed E-state index contributed by atoms with van der Waals surface area (Å²) in [6, 6.07) is 8.83. The van der Waals surface area contributed by atoms with E-state index >= 15 is 0 Å². The Morgan fingerprint density at radius 3 is 2.30 bits per heavy atom. The monoisotopic (exact) mass is 293 g/mol. The van der Waals surface area contributed by atoms with Crippen LogP contribution in [0.2, 0.25) is 0 Å². The fraction of sp³-hybridized carbons (Fsp3) is 0.357. The van der Waals surface area contributed by atoms with Crippen molar-refractivity contribution in [2.45, 2.75) is 31.1 Å². The normalized spacial score (nSPS) is 12.4. The maximum absolute atomic E-state index is 12.5. The number of rotatable bonds is 3. The van der Waals surface area contributed by atoms with Gasteiger partial charge in [-0.15, -0.1) is 0 Å². The third-order valence-electron chi connectivity index (χ3n) is 2.82. The van der Waals surface area contributed by atoms with Gasteiger partial charge >= 0.3 is 0 Å². The fourth-order valence-corrected chi connectivity index (χ4v) is 3.35. The highest BCUT2D eigenvalue weighted by Crippen LogP contribution is 2.28. The Bertz CT molecular complexity index is 698. The second-order valence-corrected chi connectivity index (χ2v) is 7.39. The summed E-state index contributed by atoms with van der Waals surface area (Å²) in [7, 11) is -1.92. The summed E-state index contributed by atoms with van der Waals surface area (Å²) >= 11 is 0. The number of nitrogens with one attached hydrogen (secondary N) is 1. The van der Waals surface area contributed by atoms with E-state index < -0.39 is 10.0 Å². The molecule has 0 spiro atoms. The second kappa shape index (κ2) is 4.94. The number of hydrogen-bond donors (Lipinski definition) is 1. The molecule has 1 aromatic carbocycles. The smallest absolute Gasteiger partial charge is 0.265 e. The van der Waals surface area contributed by atoms with Gasteiger partial charge in [-0.25, -0.2) is 8.42 Å². The number of sulfonamides is 1. The van der Waals surface area contributed by atoms with Gasteiger partial charge in [-0.3, -0.25) is 9.40 Å². The van der Waals surface area contributed by atoms with E-state index in [4.69, 9.17) is 0 Å². The molecule has 0 atom stereocenters. The van der Waals surface area contributed by atoms with Gasteiger partial charge in [-0.1, -0.05) is 39.0 Å². The Hall–Kier alpha value is -1.82. The van der Waals surface area contributed by atoms with Crippen LogP contribution >= 0.6 is 0 Å². The quantitative estimate of drug-likeness (QED) is 0.945. The molecular weight excluding hydrogens is 274 g/mol. The Morgan fingerprint density at radius 2 is 1.75 bits per heavy atom. The van der Waals surface area contributed by atoms with E-state index in [9.17, 15) is 8.42 Å². The van der Waals surface area contributed by atoms with Gasteiger partial charge in [0.05, 0.1) is 5.69 Å². The van der Waals surface area contributed by atoms with Crippen LogP contribution in [0.5, 0.6) is 0 Å². The molecule has 108 valence electrons. The van der Waals surface area contributed by atoms with Gasteiger partial charge in [0.1, 0.15) is 4.90 Å². The standard InChI is InChI=1S/C14H19N3O2S/c1-14(2,3)13-12(10-17(4)15-13)20(18,19)16-11-8-6-5-7-9-11/h5-10,16H,1-4H3. The van der Waals surface area contributed by atoms with Crippen molar-refractivity contribution in [1.82, 2.24) is 9.78 Å². The molecule has 2 rings (SSSR count). The van der Waals surface area contributed by atoms with E-state index in [0.717, 1.165) is 0 Å². The lowest BCUT2D eigenvalue weighted by Gasteiger charge is -2.17. The average Bonchev–Trinajstić information content (AvgIpc) is 2.73. The van der Waals surface area contributed by atoms with Crippen LogP contribution in [0.25, 0.3) is 0 Å². The summed E-state index contributed by atoms with van der Waals surface area (Å²) in [6.45, 7) is 5.82. The molecular formula is C14H19N3O2S. The van der Waals surface area contributed by atoms with Crippen molar-refractivity contribution in [3.05, 3.63) is 42.2 Å². The van der Waals surface area contributed by atoms with Crippen LogP contribution in [-0.2, 0) is 22.5 Å². The van der Waals surface area contributed by atoms with Crippen molar-refractivity contribution in [2.75, 3.05) is 4.72 Å². The van der Waals surface area contributed by atoms with E-state index in [1.807, 2.05) is 26.8 Å². The molecule has 6 heteroatoms. The predicted molar refractivity (Wildman–Crippen MR) is 79.2 cm³/mol. The van der Waals surface area contributed by atoms with Crippen molar-refractivity contribution in [3.63, 3.8) is 0 Å². The van der Waals surface area contributed by atoms with E-state index in [-0.39, 0.29) is 10.3 Å². The Balaban J connectivity index is 2.45. The van der Waals surface area contributed by atoms with Gasteiger partial charge in [-0.05, 0) is 12.1 Å². The van der Waals surface area contributed by atoms with Crippen molar-refractivity contribution in [3.8, 4) is 0 Å². The van der Waals surface area contributed by atoms with Crippen LogP contribution < -0.4 is 4.72 Å². The summed E-state index contributed by atoms with van der Waals surface area (Å²) in [5.74, 6) is 0. The molecule has 0 aliphatic heterocycles. The number of aryl methyl sites for hydroxylation is 1. The molecule has 0 fully saturated rings. The third kappa shape index (κ3) is 3.01. The first-order valence-electron chi connectivity index (χ1n) is 6.32. The summed E-state index contributed by atoms with van der Waals surface area (Å²) in [5, 5.41) is 4.29. The zero-order chi connectivity index (χ0) is 15.0. The topological polar surface area (TPSA) is 64.0 Å². The predicted octanol–water partition coefficient (Wildman–Crippen LogP) is 2.52. The second-order valence-electron chi connectivity index (χ2n) is 5.74. The van der Waals surface area contributed by atoms with Crippen LogP contribution in [0.1, 0.15) is 26.5 Å². The Morgan fingerprint density at radius 1 is 1.15 bits per heavy atom. The van der Waals surface area contributed by atoms with Crippen LogP contribution in [0, 0.1) is 0 Å². The number of anilines is 1. The molecule has 0 bridgehead atoms. The first kappa shape index (κ1) is 14.6. The molecule has 2 aromatic rings. The van der Waals surface area contributed by atoms with E-state index in [2.05, 4.69) is 9.82 Å². The first-order chi connectivity index (χ1) is 9.20. The number of benzene rings is 1. The number of hydrogen-bond acceptors (Lipinski definition) is 3. The molecule has 1 N–H and O–H groups in total. The molecule has 1 heterocycles. The maximum atomic E-state index is 12.5. The highest BCUT2D eigenvalue weighted by atomic mass is 32.2. The number of para-hydroxylation sites is 1. The minimum Gasteiger partial charge on any atom is -0.280 e. The molecule has 20 heavy (non-hydrogen) atoms. The molecule has 0 saturated heterocycles. The third-order valence-corrected chi connectivity index (χ3v) is 4.20. The lowest BCUT2D eigenvalue weighted by Crippen LogP contribution is -2.20. The van der Waals surface area contributed by atoms with Crippen LogP contribution in [0.4, 0.5) is 5.69 Å². The minimum atomic E-state index is -3.64. The average molecular weight is 293 g/mol. The highest BCUT2D eigenvalue weighted by molar-refractivity contribution is 7.92. The number of nitrogens with zero attached hydrogens (tertiary/aromatic N) is 2. The molecule has 0 amide bonds. The summed E-state index contributed by atoms with van der Waals surface area (Å²) < 4.78 is 29.1. The number of aromatic nitrogens is 2. The van der Waals surface area contributed by atoms with Crippen LogP contribution in [0.15, 0.2) is 41.4 Å². The van der Waals surface area contributed by atoms with Crippen molar-refractivity contribution < 1.29 is 8.42 Å². The van der Waals surface area contributed by atoms with Gasteiger partial charge in [0.25, 0.3) is 10.0 Å². The van der Waals surface area contributed by atoms with E-state index in [1.54, 1.807) is 31.3 Å². The largest absolute Gasteiger partial charge is 0.280 e. The lowest BCUT2D eigenvalue weighted by atomic mass is 9.92. The summed E-state index contributed by atoms with van der Waals surface area (Å²) in [5.41, 5.74) is 0.752. The van der Waals surface area contributed by atoms with Crippen molar-refractivity contribution >= 4 is 15.7 Å². The molecule has 0 aliphatic carbocycles. The van der Waals surface area contributed by atoms with Gasteiger partial charge in [-0.2, -0.15) is 5.10 Å². The molecule has 0 saturated carbocycles. The first-order valence-corrected chi connectivity index (χ1v) is 7.80. The zero-order valence-corrected chi connectivity index (χ0v) is 12.9. The summed E-state index contributed by atoms with van der Waals surface area (Å²) in [6.07, 6.45) is 1.53. The lowest BCUT2D eigenvalue weighted by molar-refractivity contribution is 0.539. The molecule has 0 aliphatic rings. The SMILES string of the molecule is Cn1cc(S(=O)(=O)Nc2ccccc2)c(C(C)(C)C)n1. The highest BCUT2D eigenvalue weighted by Gasteiger charge is 2.29. The fourth-order valence-electron chi connectivity index (χ4n) is 1.90. The Labute approximate surface area is 119 Å². The van der Waals surface area contributed by atoms with Gasteiger partial charge in [0.2, 0.25) is 0 Å². The van der Waals surface area contributed by atoms with E-state index in [1.165, 1.54) is 10.9 Å². The van der Waals surface area contributed by atoms with Crippen LogP contribution in [0.3, 0.4) is 0 Å². The maximum Gasteiger partial charge on any atom is 0.265 e. The molecule has 0 unspecified atom stereocenters. The van der Waals surface area contributed by atoms with E-state index in [0.29, 0.717) is 11.4 Å². The van der Waals surface area contributed by atoms with Crippen molar-refractivity contribution in [1.29, 1.82) is 0 Å². The van der Waals surface area contributed by atoms with Gasteiger partial charge in [0.15, 0.2) is 0 Å². The molecule has 1 aromatic heterocycles. The molecule has 0 radical (unpaired) electrons. The van der Waals surface area contributed by atoms with Crippen molar-refractivity contribution in [2.24, 2.45) is 7.05 Å². The zero-order valence-electron chi connectivity index (χ0n) is 12.1. The van der Waals surface area contributed by atoms with Gasteiger partial charge < -0.3 is 0 Å².